The zero-order valence-corrected chi connectivity index (χ0v) is 10.7. The summed E-state index contributed by atoms with van der Waals surface area (Å²) < 4.78 is 11.3. The van der Waals surface area contributed by atoms with Crippen LogP contribution in [0.5, 0.6) is 0 Å². The molecule has 0 aliphatic carbocycles. The SMILES string of the molecule is O=S1CCC(Nc2nnc3ccccc3n2)CC1. The van der Waals surface area contributed by atoms with Crippen LogP contribution in [0.1, 0.15) is 12.8 Å². The third kappa shape index (κ3) is 2.48. The molecular formula is C12H14N4OS. The lowest BCUT2D eigenvalue weighted by Crippen LogP contribution is -2.30. The molecule has 1 aliphatic rings. The van der Waals surface area contributed by atoms with Gasteiger partial charge >= 0.3 is 0 Å². The number of hydrogen-bond donors (Lipinski definition) is 1. The van der Waals surface area contributed by atoms with E-state index < -0.39 is 10.8 Å². The van der Waals surface area contributed by atoms with E-state index in [2.05, 4.69) is 20.5 Å². The fourth-order valence-electron chi connectivity index (χ4n) is 2.06. The number of hydrogen-bond acceptors (Lipinski definition) is 5. The van der Waals surface area contributed by atoms with Crippen LogP contribution >= 0.6 is 0 Å². The van der Waals surface area contributed by atoms with Crippen molar-refractivity contribution in [2.24, 2.45) is 0 Å². The Balaban J connectivity index is 1.76. The molecule has 0 amide bonds. The minimum atomic E-state index is -0.638. The standard InChI is InChI=1S/C12H14N4OS/c17-18-7-5-9(6-8-18)13-12-14-10-3-1-2-4-11(10)15-16-12/h1-4,9H,5-8H2,(H,13,14,16). The van der Waals surface area contributed by atoms with Gasteiger partial charge in [0, 0.05) is 28.3 Å². The summed E-state index contributed by atoms with van der Waals surface area (Å²) in [6.07, 6.45) is 1.81. The van der Waals surface area contributed by atoms with Gasteiger partial charge in [0.2, 0.25) is 5.95 Å². The summed E-state index contributed by atoms with van der Waals surface area (Å²) in [6, 6.07) is 7.98. The zero-order chi connectivity index (χ0) is 12.4. The van der Waals surface area contributed by atoms with Crippen LogP contribution in [0.4, 0.5) is 5.95 Å². The van der Waals surface area contributed by atoms with Crippen molar-refractivity contribution in [2.75, 3.05) is 16.8 Å². The Hall–Kier alpha value is -1.56. The van der Waals surface area contributed by atoms with Crippen LogP contribution in [0.2, 0.25) is 0 Å². The lowest BCUT2D eigenvalue weighted by molar-refractivity contribution is 0.620. The third-order valence-electron chi connectivity index (χ3n) is 3.08. The Morgan fingerprint density at radius 2 is 1.83 bits per heavy atom. The third-order valence-corrected chi connectivity index (χ3v) is 4.46. The fraction of sp³-hybridized carbons (Fsp3) is 0.417. The van der Waals surface area contributed by atoms with Crippen molar-refractivity contribution in [3.8, 4) is 0 Å². The summed E-state index contributed by atoms with van der Waals surface area (Å²) in [6.45, 7) is 0. The first kappa shape index (κ1) is 11.5. The van der Waals surface area contributed by atoms with Gasteiger partial charge in [0.15, 0.2) is 0 Å². The molecule has 0 saturated carbocycles. The van der Waals surface area contributed by atoms with Gasteiger partial charge in [-0.25, -0.2) is 4.98 Å². The summed E-state index contributed by atoms with van der Waals surface area (Å²) in [5.41, 5.74) is 1.64. The van der Waals surface area contributed by atoms with E-state index in [1.54, 1.807) is 0 Å². The van der Waals surface area contributed by atoms with Crippen molar-refractivity contribution in [3.63, 3.8) is 0 Å². The van der Waals surface area contributed by atoms with Crippen LogP contribution < -0.4 is 5.32 Å². The van der Waals surface area contributed by atoms with Gasteiger partial charge < -0.3 is 5.32 Å². The predicted molar refractivity (Wildman–Crippen MR) is 71.9 cm³/mol. The molecule has 1 fully saturated rings. The Kier molecular flexibility index (Phi) is 3.19. The molecule has 1 aromatic carbocycles. The summed E-state index contributed by atoms with van der Waals surface area (Å²) in [7, 11) is -0.638. The van der Waals surface area contributed by atoms with Gasteiger partial charge in [0.05, 0.1) is 5.52 Å². The van der Waals surface area contributed by atoms with Gasteiger partial charge in [-0.3, -0.25) is 4.21 Å². The smallest absolute Gasteiger partial charge is 0.243 e. The molecular weight excluding hydrogens is 248 g/mol. The Morgan fingerprint density at radius 3 is 2.61 bits per heavy atom. The maximum Gasteiger partial charge on any atom is 0.243 e. The Labute approximate surface area is 107 Å². The highest BCUT2D eigenvalue weighted by Gasteiger charge is 2.18. The molecule has 18 heavy (non-hydrogen) atoms. The number of nitrogens with one attached hydrogen (secondary N) is 1. The molecule has 2 heterocycles. The van der Waals surface area contributed by atoms with Crippen molar-refractivity contribution in [1.82, 2.24) is 15.2 Å². The minimum absolute atomic E-state index is 0.311. The maximum atomic E-state index is 11.3. The quantitative estimate of drug-likeness (QED) is 0.884. The molecule has 0 atom stereocenters. The largest absolute Gasteiger partial charge is 0.350 e. The van der Waals surface area contributed by atoms with Crippen molar-refractivity contribution in [3.05, 3.63) is 24.3 Å². The second kappa shape index (κ2) is 4.97. The molecule has 1 N–H and O–H groups in total. The summed E-state index contributed by atoms with van der Waals surface area (Å²) >= 11 is 0. The number of fused-ring (bicyclic) bond motifs is 1. The van der Waals surface area contributed by atoms with Crippen LogP contribution in [0, 0.1) is 0 Å². The Bertz CT molecular complexity index is 579. The van der Waals surface area contributed by atoms with E-state index in [-0.39, 0.29) is 0 Å². The number of para-hydroxylation sites is 1. The van der Waals surface area contributed by atoms with Gasteiger partial charge in [0.1, 0.15) is 5.52 Å². The van der Waals surface area contributed by atoms with Crippen molar-refractivity contribution in [1.29, 1.82) is 0 Å². The first-order valence-electron chi connectivity index (χ1n) is 6.02. The lowest BCUT2D eigenvalue weighted by atomic mass is 10.2. The van der Waals surface area contributed by atoms with Crippen LogP contribution in [-0.4, -0.2) is 36.9 Å². The molecule has 1 saturated heterocycles. The predicted octanol–water partition coefficient (Wildman–Crippen LogP) is 1.35. The van der Waals surface area contributed by atoms with Crippen molar-refractivity contribution >= 4 is 27.8 Å². The summed E-state index contributed by atoms with van der Waals surface area (Å²) in [5, 5.41) is 11.5. The lowest BCUT2D eigenvalue weighted by Gasteiger charge is -2.22. The van der Waals surface area contributed by atoms with E-state index in [0.717, 1.165) is 35.4 Å². The van der Waals surface area contributed by atoms with E-state index in [0.29, 0.717) is 12.0 Å². The van der Waals surface area contributed by atoms with Gasteiger partial charge in [-0.05, 0) is 25.0 Å². The van der Waals surface area contributed by atoms with E-state index >= 15 is 0 Å². The van der Waals surface area contributed by atoms with Crippen LogP contribution in [-0.2, 0) is 10.8 Å². The molecule has 0 unspecified atom stereocenters. The van der Waals surface area contributed by atoms with E-state index in [4.69, 9.17) is 0 Å². The minimum Gasteiger partial charge on any atom is -0.350 e. The molecule has 5 nitrogen and oxygen atoms in total. The van der Waals surface area contributed by atoms with Gasteiger partial charge in [0.25, 0.3) is 0 Å². The molecule has 6 heteroatoms. The maximum absolute atomic E-state index is 11.3. The number of anilines is 1. The average Bonchev–Trinajstić information content (AvgIpc) is 2.41. The average molecular weight is 262 g/mol. The van der Waals surface area contributed by atoms with Gasteiger partial charge in [-0.15, -0.1) is 10.2 Å². The van der Waals surface area contributed by atoms with E-state index in [9.17, 15) is 4.21 Å². The number of nitrogens with zero attached hydrogens (tertiary/aromatic N) is 3. The van der Waals surface area contributed by atoms with E-state index in [1.807, 2.05) is 24.3 Å². The number of rotatable bonds is 2. The first-order valence-corrected chi connectivity index (χ1v) is 7.51. The zero-order valence-electron chi connectivity index (χ0n) is 9.87. The normalized spacial score (nSPS) is 24.0. The molecule has 2 aromatic rings. The van der Waals surface area contributed by atoms with Crippen LogP contribution in [0.15, 0.2) is 24.3 Å². The molecule has 1 aliphatic heterocycles. The molecule has 1 aromatic heterocycles. The van der Waals surface area contributed by atoms with Gasteiger partial charge in [-0.1, -0.05) is 12.1 Å². The van der Waals surface area contributed by atoms with Crippen molar-refractivity contribution in [2.45, 2.75) is 18.9 Å². The van der Waals surface area contributed by atoms with Gasteiger partial charge in [-0.2, -0.15) is 0 Å². The molecule has 0 spiro atoms. The van der Waals surface area contributed by atoms with Crippen molar-refractivity contribution < 1.29 is 4.21 Å². The molecule has 0 radical (unpaired) electrons. The van der Waals surface area contributed by atoms with Crippen LogP contribution in [0.25, 0.3) is 11.0 Å². The monoisotopic (exact) mass is 262 g/mol. The highest BCUT2D eigenvalue weighted by molar-refractivity contribution is 7.85. The highest BCUT2D eigenvalue weighted by Crippen LogP contribution is 2.15. The summed E-state index contributed by atoms with van der Waals surface area (Å²) in [4.78, 5) is 4.43. The second-order valence-electron chi connectivity index (χ2n) is 4.39. The van der Waals surface area contributed by atoms with Crippen LogP contribution in [0.3, 0.4) is 0 Å². The summed E-state index contributed by atoms with van der Waals surface area (Å²) in [5.74, 6) is 2.09. The highest BCUT2D eigenvalue weighted by atomic mass is 32.2. The molecule has 0 bridgehead atoms. The molecule has 3 rings (SSSR count). The van der Waals surface area contributed by atoms with E-state index in [1.165, 1.54) is 0 Å². The fourth-order valence-corrected chi connectivity index (χ4v) is 3.36. The Morgan fingerprint density at radius 1 is 1.11 bits per heavy atom. The first-order chi connectivity index (χ1) is 8.81. The molecule has 94 valence electrons. The second-order valence-corrected chi connectivity index (χ2v) is 6.09. The topological polar surface area (TPSA) is 67.8 Å². The number of benzene rings is 1. The number of aromatic nitrogens is 3.